The lowest BCUT2D eigenvalue weighted by Gasteiger charge is -2.25. The zero-order valence-corrected chi connectivity index (χ0v) is 16.2. The van der Waals surface area contributed by atoms with Gasteiger partial charge in [0.05, 0.1) is 18.3 Å². The van der Waals surface area contributed by atoms with E-state index in [1.807, 2.05) is 18.0 Å². The maximum Gasteiger partial charge on any atom is 0.318 e. The Morgan fingerprint density at radius 1 is 1.35 bits per heavy atom. The monoisotopic (exact) mass is 377 g/mol. The lowest BCUT2D eigenvalue weighted by Crippen LogP contribution is -2.44. The molecule has 3 rings (SSSR count). The maximum absolute atomic E-state index is 12.8. The van der Waals surface area contributed by atoms with Crippen molar-refractivity contribution in [3.63, 3.8) is 0 Å². The van der Waals surface area contributed by atoms with Crippen LogP contribution in [0.1, 0.15) is 23.0 Å². The van der Waals surface area contributed by atoms with Crippen molar-refractivity contribution >= 4 is 17.4 Å². The first-order chi connectivity index (χ1) is 12.7. The first kappa shape index (κ1) is 18.9. The topological polar surface area (TPSA) is 62.6 Å². The van der Waals surface area contributed by atoms with Crippen LogP contribution >= 0.6 is 11.3 Å². The summed E-state index contributed by atoms with van der Waals surface area (Å²) >= 11 is 1.79. The van der Waals surface area contributed by atoms with Crippen LogP contribution in [0.2, 0.25) is 0 Å². The van der Waals surface area contributed by atoms with E-state index in [9.17, 15) is 4.79 Å². The first-order valence-electron chi connectivity index (χ1n) is 8.94. The van der Waals surface area contributed by atoms with Gasteiger partial charge in [-0.1, -0.05) is 6.07 Å². The van der Waals surface area contributed by atoms with Crippen LogP contribution in [0.15, 0.2) is 29.8 Å². The third-order valence-corrected chi connectivity index (χ3v) is 5.54. The molecule has 0 spiro atoms. The van der Waals surface area contributed by atoms with Crippen molar-refractivity contribution in [1.82, 2.24) is 24.9 Å². The van der Waals surface area contributed by atoms with Crippen LogP contribution in [-0.4, -0.2) is 65.5 Å². The van der Waals surface area contributed by atoms with E-state index in [1.54, 1.807) is 29.3 Å². The van der Waals surface area contributed by atoms with Crippen LogP contribution in [0.4, 0.5) is 4.79 Å². The molecule has 26 heavy (non-hydrogen) atoms. The molecule has 1 atom stereocenters. The SMILES string of the molecule is COC[C@H](NC(=O)N1CCCN(Cc2cccs2)CC1)c1ccnn1C. The number of aromatic nitrogens is 2. The Morgan fingerprint density at radius 2 is 2.23 bits per heavy atom. The number of nitrogens with one attached hydrogen (secondary N) is 1. The first-order valence-corrected chi connectivity index (χ1v) is 9.82. The molecule has 1 aliphatic heterocycles. The summed E-state index contributed by atoms with van der Waals surface area (Å²) in [6, 6.07) is 5.93. The van der Waals surface area contributed by atoms with Gasteiger partial charge in [0.1, 0.15) is 0 Å². The predicted molar refractivity (Wildman–Crippen MR) is 102 cm³/mol. The number of thiophene rings is 1. The Morgan fingerprint density at radius 3 is 2.92 bits per heavy atom. The summed E-state index contributed by atoms with van der Waals surface area (Å²) in [5, 5.41) is 9.41. The number of ether oxygens (including phenoxy) is 1. The number of carbonyl (C=O) groups is 1. The Hall–Kier alpha value is -1.90. The van der Waals surface area contributed by atoms with Crippen LogP contribution in [0, 0.1) is 0 Å². The number of hydrogen-bond donors (Lipinski definition) is 1. The van der Waals surface area contributed by atoms with E-state index in [0.29, 0.717) is 6.61 Å². The minimum absolute atomic E-state index is 0.0359. The Labute approximate surface area is 158 Å². The van der Waals surface area contributed by atoms with E-state index < -0.39 is 0 Å². The van der Waals surface area contributed by atoms with E-state index >= 15 is 0 Å². The maximum atomic E-state index is 12.8. The molecule has 1 saturated heterocycles. The van der Waals surface area contributed by atoms with Crippen molar-refractivity contribution < 1.29 is 9.53 Å². The summed E-state index contributed by atoms with van der Waals surface area (Å²) in [6.07, 6.45) is 2.72. The Kier molecular flexibility index (Phi) is 6.65. The van der Waals surface area contributed by atoms with Crippen molar-refractivity contribution in [3.8, 4) is 0 Å². The molecule has 0 aliphatic carbocycles. The van der Waals surface area contributed by atoms with Crippen molar-refractivity contribution in [2.75, 3.05) is 39.9 Å². The second-order valence-corrected chi connectivity index (χ2v) is 7.57. The smallest absolute Gasteiger partial charge is 0.318 e. The standard InChI is InChI=1S/C18H27N5O2S/c1-21-17(6-7-19-21)16(14-25-2)20-18(24)23-9-4-8-22(10-11-23)13-15-5-3-12-26-15/h3,5-7,12,16H,4,8-11,13-14H2,1-2H3,(H,20,24)/t16-/m0/s1. The fourth-order valence-electron chi connectivity index (χ4n) is 3.29. The van der Waals surface area contributed by atoms with Crippen molar-refractivity contribution in [3.05, 3.63) is 40.3 Å². The number of methoxy groups -OCH3 is 1. The third kappa shape index (κ3) is 4.84. The third-order valence-electron chi connectivity index (χ3n) is 4.68. The molecular formula is C18H27N5O2S. The van der Waals surface area contributed by atoms with Gasteiger partial charge in [0.15, 0.2) is 0 Å². The number of aryl methyl sites for hydroxylation is 1. The summed E-state index contributed by atoms with van der Waals surface area (Å²) in [4.78, 5) is 18.5. The van der Waals surface area contributed by atoms with Crippen LogP contribution < -0.4 is 5.32 Å². The minimum atomic E-state index is -0.203. The van der Waals surface area contributed by atoms with Gasteiger partial charge in [0, 0.05) is 58.0 Å². The van der Waals surface area contributed by atoms with Gasteiger partial charge in [-0.2, -0.15) is 5.10 Å². The molecule has 0 aromatic carbocycles. The largest absolute Gasteiger partial charge is 0.382 e. The summed E-state index contributed by atoms with van der Waals surface area (Å²) < 4.78 is 7.06. The summed E-state index contributed by atoms with van der Waals surface area (Å²) in [7, 11) is 3.52. The van der Waals surface area contributed by atoms with E-state index in [2.05, 4.69) is 32.8 Å². The van der Waals surface area contributed by atoms with Gasteiger partial charge in [0.2, 0.25) is 0 Å². The summed E-state index contributed by atoms with van der Waals surface area (Å²) in [5.74, 6) is 0. The van der Waals surface area contributed by atoms with E-state index in [0.717, 1.165) is 44.8 Å². The average molecular weight is 378 g/mol. The molecule has 142 valence electrons. The normalized spacial score (nSPS) is 17.1. The fraction of sp³-hybridized carbons (Fsp3) is 0.556. The predicted octanol–water partition coefficient (Wildman–Crippen LogP) is 2.09. The highest BCUT2D eigenvalue weighted by Gasteiger charge is 2.23. The number of urea groups is 1. The zero-order chi connectivity index (χ0) is 18.4. The molecule has 2 amide bonds. The number of nitrogens with zero attached hydrogens (tertiary/aromatic N) is 4. The molecule has 1 N–H and O–H groups in total. The molecule has 0 saturated carbocycles. The lowest BCUT2D eigenvalue weighted by molar-refractivity contribution is 0.152. The van der Waals surface area contributed by atoms with Crippen molar-refractivity contribution in [1.29, 1.82) is 0 Å². The minimum Gasteiger partial charge on any atom is -0.382 e. The molecule has 1 fully saturated rings. The number of amides is 2. The highest BCUT2D eigenvalue weighted by molar-refractivity contribution is 7.09. The molecule has 2 aromatic rings. The molecule has 1 aliphatic rings. The van der Waals surface area contributed by atoms with Gasteiger partial charge in [-0.3, -0.25) is 9.58 Å². The molecule has 7 nitrogen and oxygen atoms in total. The molecule has 0 unspecified atom stereocenters. The second-order valence-electron chi connectivity index (χ2n) is 6.53. The van der Waals surface area contributed by atoms with Crippen LogP contribution in [0.5, 0.6) is 0 Å². The zero-order valence-electron chi connectivity index (χ0n) is 15.4. The fourth-order valence-corrected chi connectivity index (χ4v) is 4.04. The van der Waals surface area contributed by atoms with Crippen LogP contribution in [-0.2, 0) is 18.3 Å². The number of carbonyl (C=O) groups excluding carboxylic acids is 1. The molecular weight excluding hydrogens is 350 g/mol. The highest BCUT2D eigenvalue weighted by Crippen LogP contribution is 2.15. The number of rotatable bonds is 6. The van der Waals surface area contributed by atoms with Gasteiger partial charge < -0.3 is 15.0 Å². The second kappa shape index (κ2) is 9.16. The Balaban J connectivity index is 1.56. The molecule has 3 heterocycles. The van der Waals surface area contributed by atoms with E-state index in [4.69, 9.17) is 4.74 Å². The number of hydrogen-bond acceptors (Lipinski definition) is 5. The quantitative estimate of drug-likeness (QED) is 0.837. The van der Waals surface area contributed by atoms with Gasteiger partial charge in [0.25, 0.3) is 0 Å². The van der Waals surface area contributed by atoms with E-state index in [1.165, 1.54) is 4.88 Å². The van der Waals surface area contributed by atoms with Crippen molar-refractivity contribution in [2.24, 2.45) is 7.05 Å². The van der Waals surface area contributed by atoms with Gasteiger partial charge in [-0.25, -0.2) is 4.79 Å². The van der Waals surface area contributed by atoms with Crippen LogP contribution in [0.3, 0.4) is 0 Å². The molecule has 0 bridgehead atoms. The highest BCUT2D eigenvalue weighted by atomic mass is 32.1. The molecule has 0 radical (unpaired) electrons. The van der Waals surface area contributed by atoms with Crippen LogP contribution in [0.25, 0.3) is 0 Å². The molecule has 2 aromatic heterocycles. The van der Waals surface area contributed by atoms with Gasteiger partial charge in [-0.15, -0.1) is 11.3 Å². The van der Waals surface area contributed by atoms with Crippen molar-refractivity contribution in [2.45, 2.75) is 19.0 Å². The lowest BCUT2D eigenvalue weighted by atomic mass is 10.2. The molecule has 8 heteroatoms. The average Bonchev–Trinajstić information content (AvgIpc) is 3.22. The van der Waals surface area contributed by atoms with E-state index in [-0.39, 0.29) is 12.1 Å². The Bertz CT molecular complexity index is 688. The summed E-state index contributed by atoms with van der Waals surface area (Å²) in [5.41, 5.74) is 0.939. The van der Waals surface area contributed by atoms with Gasteiger partial charge >= 0.3 is 6.03 Å². The summed E-state index contributed by atoms with van der Waals surface area (Å²) in [6.45, 7) is 4.81. The van der Waals surface area contributed by atoms with Gasteiger partial charge in [-0.05, 0) is 23.9 Å².